The summed E-state index contributed by atoms with van der Waals surface area (Å²) >= 11 is 1.73. The van der Waals surface area contributed by atoms with E-state index in [1.807, 2.05) is 19.2 Å². The fourth-order valence-corrected chi connectivity index (χ4v) is 1.50. The topological polar surface area (TPSA) is 54.0 Å². The number of hydrogen-bond acceptors (Lipinski definition) is 4. The van der Waals surface area contributed by atoms with Crippen molar-refractivity contribution in [3.63, 3.8) is 0 Å². The molecule has 0 aromatic carbocycles. The Balaban J connectivity index is 2.51. The number of pyridine rings is 1. The van der Waals surface area contributed by atoms with Crippen LogP contribution in [0.2, 0.25) is 0 Å². The molecule has 0 saturated carbocycles. The summed E-state index contributed by atoms with van der Waals surface area (Å²) in [7, 11) is 0. The third-order valence-corrected chi connectivity index (χ3v) is 3.30. The van der Waals surface area contributed by atoms with Crippen molar-refractivity contribution < 1.29 is 4.79 Å². The Kier molecular flexibility index (Phi) is 5.83. The van der Waals surface area contributed by atoms with Crippen LogP contribution < -0.4 is 10.6 Å². The van der Waals surface area contributed by atoms with Crippen LogP contribution in [0, 0.1) is 0 Å². The van der Waals surface area contributed by atoms with Gasteiger partial charge in [-0.2, -0.15) is 11.8 Å². The first-order valence-corrected chi connectivity index (χ1v) is 6.97. The summed E-state index contributed by atoms with van der Waals surface area (Å²) in [5, 5.41) is 6.41. The average Bonchev–Trinajstić information content (AvgIpc) is 2.36. The lowest BCUT2D eigenvalue weighted by Gasteiger charge is -2.09. The van der Waals surface area contributed by atoms with Crippen LogP contribution in [-0.4, -0.2) is 35.5 Å². The van der Waals surface area contributed by atoms with Gasteiger partial charge in [-0.05, 0) is 25.3 Å². The van der Waals surface area contributed by atoms with Crippen molar-refractivity contribution in [2.75, 3.05) is 24.7 Å². The highest BCUT2D eigenvalue weighted by molar-refractivity contribution is 7.99. The predicted octanol–water partition coefficient (Wildman–Crippen LogP) is 1.99. The van der Waals surface area contributed by atoms with Crippen molar-refractivity contribution in [1.29, 1.82) is 0 Å². The summed E-state index contributed by atoms with van der Waals surface area (Å²) < 4.78 is 0. The molecule has 1 atom stereocenters. The SMILES string of the molecule is CCNc1ccc(C(=O)NCC(C)SC)nc1. The monoisotopic (exact) mass is 253 g/mol. The molecule has 1 heterocycles. The number of amides is 1. The van der Waals surface area contributed by atoms with Gasteiger partial charge >= 0.3 is 0 Å². The molecule has 1 amide bonds. The van der Waals surface area contributed by atoms with Gasteiger partial charge in [-0.3, -0.25) is 4.79 Å². The number of hydrogen-bond donors (Lipinski definition) is 2. The van der Waals surface area contributed by atoms with Gasteiger partial charge in [0.15, 0.2) is 0 Å². The second-order valence-corrected chi connectivity index (χ2v) is 4.99. The van der Waals surface area contributed by atoms with E-state index < -0.39 is 0 Å². The molecule has 94 valence electrons. The van der Waals surface area contributed by atoms with E-state index in [1.165, 1.54) is 0 Å². The molecule has 0 radical (unpaired) electrons. The van der Waals surface area contributed by atoms with E-state index in [9.17, 15) is 4.79 Å². The zero-order valence-corrected chi connectivity index (χ0v) is 11.3. The van der Waals surface area contributed by atoms with Crippen molar-refractivity contribution >= 4 is 23.4 Å². The number of aromatic nitrogens is 1. The van der Waals surface area contributed by atoms with E-state index in [0.717, 1.165) is 12.2 Å². The van der Waals surface area contributed by atoms with Crippen LogP contribution in [0.1, 0.15) is 24.3 Å². The minimum absolute atomic E-state index is 0.117. The van der Waals surface area contributed by atoms with Gasteiger partial charge in [0.25, 0.3) is 5.91 Å². The molecule has 1 aromatic rings. The van der Waals surface area contributed by atoms with Crippen LogP contribution in [0.25, 0.3) is 0 Å². The molecule has 17 heavy (non-hydrogen) atoms. The number of thioether (sulfide) groups is 1. The van der Waals surface area contributed by atoms with Crippen LogP contribution in [0.5, 0.6) is 0 Å². The van der Waals surface area contributed by atoms with Crippen molar-refractivity contribution in [2.45, 2.75) is 19.1 Å². The molecule has 1 unspecified atom stereocenters. The molecule has 2 N–H and O–H groups in total. The summed E-state index contributed by atoms with van der Waals surface area (Å²) in [6.07, 6.45) is 3.71. The fourth-order valence-electron chi connectivity index (χ4n) is 1.25. The predicted molar refractivity (Wildman–Crippen MR) is 73.7 cm³/mol. The number of anilines is 1. The quantitative estimate of drug-likeness (QED) is 0.814. The van der Waals surface area contributed by atoms with Crippen molar-refractivity contribution in [2.24, 2.45) is 0 Å². The molecular weight excluding hydrogens is 234 g/mol. The highest BCUT2D eigenvalue weighted by Crippen LogP contribution is 2.06. The fraction of sp³-hybridized carbons (Fsp3) is 0.500. The molecule has 1 rings (SSSR count). The van der Waals surface area contributed by atoms with E-state index in [1.54, 1.807) is 24.0 Å². The molecule has 0 fully saturated rings. The Labute approximate surface area is 107 Å². The maximum Gasteiger partial charge on any atom is 0.269 e. The number of carbonyl (C=O) groups excluding carboxylic acids is 1. The number of nitrogens with one attached hydrogen (secondary N) is 2. The van der Waals surface area contributed by atoms with Crippen LogP contribution in [0.4, 0.5) is 5.69 Å². The van der Waals surface area contributed by atoms with Gasteiger partial charge in [-0.25, -0.2) is 4.98 Å². The van der Waals surface area contributed by atoms with Gasteiger partial charge in [0.1, 0.15) is 5.69 Å². The second kappa shape index (κ2) is 7.17. The molecule has 5 heteroatoms. The molecule has 0 aliphatic carbocycles. The normalized spacial score (nSPS) is 11.9. The molecule has 0 aliphatic rings. The standard InChI is InChI=1S/C12H19N3OS/c1-4-13-10-5-6-11(14-8-10)12(16)15-7-9(2)17-3/h5-6,8-9,13H,4,7H2,1-3H3,(H,15,16). The minimum Gasteiger partial charge on any atom is -0.384 e. The third kappa shape index (κ3) is 4.65. The van der Waals surface area contributed by atoms with Gasteiger partial charge in [-0.15, -0.1) is 0 Å². The number of carbonyl (C=O) groups is 1. The Morgan fingerprint density at radius 2 is 2.29 bits per heavy atom. The van der Waals surface area contributed by atoms with E-state index in [-0.39, 0.29) is 5.91 Å². The van der Waals surface area contributed by atoms with E-state index in [0.29, 0.717) is 17.5 Å². The maximum atomic E-state index is 11.7. The zero-order chi connectivity index (χ0) is 12.7. The summed E-state index contributed by atoms with van der Waals surface area (Å²) in [5.41, 5.74) is 1.39. The van der Waals surface area contributed by atoms with Gasteiger partial charge in [0, 0.05) is 18.3 Å². The summed E-state index contributed by atoms with van der Waals surface area (Å²) in [6.45, 7) is 5.60. The number of nitrogens with zero attached hydrogens (tertiary/aromatic N) is 1. The average molecular weight is 253 g/mol. The molecule has 0 aliphatic heterocycles. The van der Waals surface area contributed by atoms with E-state index in [4.69, 9.17) is 0 Å². The first-order valence-electron chi connectivity index (χ1n) is 5.68. The lowest BCUT2D eigenvalue weighted by molar-refractivity contribution is 0.0949. The molecule has 0 bridgehead atoms. The largest absolute Gasteiger partial charge is 0.384 e. The second-order valence-electron chi connectivity index (χ2n) is 3.72. The lowest BCUT2D eigenvalue weighted by Crippen LogP contribution is -2.29. The Hall–Kier alpha value is -1.23. The van der Waals surface area contributed by atoms with Gasteiger partial charge in [0.2, 0.25) is 0 Å². The molecule has 4 nitrogen and oxygen atoms in total. The zero-order valence-electron chi connectivity index (χ0n) is 10.5. The lowest BCUT2D eigenvalue weighted by atomic mass is 10.3. The Bertz CT molecular complexity index is 353. The summed E-state index contributed by atoms with van der Waals surface area (Å²) in [6, 6.07) is 3.60. The van der Waals surface area contributed by atoms with Crippen LogP contribution in [0.15, 0.2) is 18.3 Å². The Morgan fingerprint density at radius 1 is 1.53 bits per heavy atom. The van der Waals surface area contributed by atoms with Gasteiger partial charge in [0.05, 0.1) is 11.9 Å². The third-order valence-electron chi connectivity index (χ3n) is 2.33. The van der Waals surface area contributed by atoms with E-state index in [2.05, 4.69) is 22.5 Å². The summed E-state index contributed by atoms with van der Waals surface area (Å²) in [4.78, 5) is 15.9. The van der Waals surface area contributed by atoms with Gasteiger partial charge in [-0.1, -0.05) is 6.92 Å². The van der Waals surface area contributed by atoms with E-state index >= 15 is 0 Å². The number of rotatable bonds is 6. The first kappa shape index (κ1) is 13.8. The van der Waals surface area contributed by atoms with Crippen molar-refractivity contribution in [3.8, 4) is 0 Å². The maximum absolute atomic E-state index is 11.7. The molecule has 0 saturated heterocycles. The minimum atomic E-state index is -0.117. The van der Waals surface area contributed by atoms with Crippen LogP contribution in [-0.2, 0) is 0 Å². The van der Waals surface area contributed by atoms with Gasteiger partial charge < -0.3 is 10.6 Å². The molecular formula is C12H19N3OS. The summed E-state index contributed by atoms with van der Waals surface area (Å²) in [5.74, 6) is -0.117. The van der Waals surface area contributed by atoms with Crippen LogP contribution >= 0.6 is 11.8 Å². The molecule has 0 spiro atoms. The highest BCUT2D eigenvalue weighted by atomic mass is 32.2. The van der Waals surface area contributed by atoms with Crippen molar-refractivity contribution in [3.05, 3.63) is 24.0 Å². The first-order chi connectivity index (χ1) is 8.17. The highest BCUT2D eigenvalue weighted by Gasteiger charge is 2.08. The van der Waals surface area contributed by atoms with Crippen molar-refractivity contribution in [1.82, 2.24) is 10.3 Å². The van der Waals surface area contributed by atoms with Crippen LogP contribution in [0.3, 0.4) is 0 Å². The molecule has 1 aromatic heterocycles. The Morgan fingerprint density at radius 3 is 2.82 bits per heavy atom. The smallest absolute Gasteiger partial charge is 0.269 e.